The molecule has 2 unspecified atom stereocenters. The Labute approximate surface area is 167 Å². The molecule has 3 heterocycles. The van der Waals surface area contributed by atoms with Gasteiger partial charge in [0.05, 0.1) is 12.1 Å². The van der Waals surface area contributed by atoms with Crippen molar-refractivity contribution in [2.45, 2.75) is 24.9 Å². The van der Waals surface area contributed by atoms with Crippen molar-refractivity contribution in [2.75, 3.05) is 39.9 Å². The van der Waals surface area contributed by atoms with Crippen molar-refractivity contribution in [2.24, 2.45) is 0 Å². The van der Waals surface area contributed by atoms with Gasteiger partial charge in [0.15, 0.2) is 0 Å². The van der Waals surface area contributed by atoms with Crippen LogP contribution in [0.4, 0.5) is 0 Å². The summed E-state index contributed by atoms with van der Waals surface area (Å²) in [6.07, 6.45) is 5.34. The summed E-state index contributed by atoms with van der Waals surface area (Å²) in [7, 11) is 1.42. The number of methoxy groups -OCH3 is 1. The fourth-order valence-electron chi connectivity index (χ4n) is 3.44. The van der Waals surface area contributed by atoms with Crippen molar-refractivity contribution >= 4 is 23.6 Å². The highest BCUT2D eigenvalue weighted by Crippen LogP contribution is 2.15. The van der Waals surface area contributed by atoms with Gasteiger partial charge in [-0.2, -0.15) is 0 Å². The average Bonchev–Trinajstić information content (AvgIpc) is 2.75. The summed E-state index contributed by atoms with van der Waals surface area (Å²) in [5.41, 5.74) is 0.248. The number of nitrogens with one attached hydrogen (secondary N) is 2. The normalized spacial score (nSPS) is 22.0. The zero-order chi connectivity index (χ0) is 20.8. The minimum Gasteiger partial charge on any atom is -0.375 e. The van der Waals surface area contributed by atoms with E-state index in [1.165, 1.54) is 35.6 Å². The Morgan fingerprint density at radius 1 is 1.28 bits per heavy atom. The molecule has 4 amide bonds. The molecule has 2 aliphatic heterocycles. The number of hydrogen-bond donors (Lipinski definition) is 2. The molecule has 1 aromatic heterocycles. The lowest BCUT2D eigenvalue weighted by atomic mass is 10.0. The molecule has 2 atom stereocenters. The second kappa shape index (κ2) is 9.41. The number of hydrogen-bond acceptors (Lipinski definition) is 7. The first-order chi connectivity index (χ1) is 14.0. The van der Waals surface area contributed by atoms with E-state index in [1.807, 2.05) is 0 Å². The Morgan fingerprint density at radius 3 is 2.72 bits per heavy atom. The number of carbonyl (C=O) groups excluding carboxylic acids is 4. The largest absolute Gasteiger partial charge is 0.375 e. The van der Waals surface area contributed by atoms with Crippen molar-refractivity contribution in [1.82, 2.24) is 30.4 Å². The number of piperidine rings is 1. The molecule has 0 radical (unpaired) electrons. The summed E-state index contributed by atoms with van der Waals surface area (Å²) in [5, 5.41) is 5.43. The Hall–Kier alpha value is -3.08. The van der Waals surface area contributed by atoms with Crippen LogP contribution in [0, 0.1) is 0 Å². The summed E-state index contributed by atoms with van der Waals surface area (Å²) < 4.78 is 4.89. The molecule has 2 saturated heterocycles. The minimum atomic E-state index is -0.938. The third-order valence-electron chi connectivity index (χ3n) is 4.97. The van der Waals surface area contributed by atoms with Crippen molar-refractivity contribution < 1.29 is 23.9 Å². The van der Waals surface area contributed by atoms with Crippen LogP contribution >= 0.6 is 0 Å². The van der Waals surface area contributed by atoms with Crippen molar-refractivity contribution in [3.05, 3.63) is 24.3 Å². The smallest absolute Gasteiger partial charge is 0.257 e. The Balaban J connectivity index is 1.78. The molecular formula is C18H24N6O5. The van der Waals surface area contributed by atoms with E-state index in [4.69, 9.17) is 4.74 Å². The van der Waals surface area contributed by atoms with Gasteiger partial charge in [0.1, 0.15) is 25.0 Å². The van der Waals surface area contributed by atoms with Gasteiger partial charge in [0.25, 0.3) is 5.91 Å². The molecule has 0 bridgehead atoms. The van der Waals surface area contributed by atoms with Crippen molar-refractivity contribution in [1.29, 1.82) is 0 Å². The minimum absolute atomic E-state index is 0.0157. The fraction of sp³-hybridized carbons (Fsp3) is 0.556. The highest BCUT2D eigenvalue weighted by molar-refractivity contribution is 5.98. The molecule has 2 N–H and O–H groups in total. The molecule has 2 aliphatic rings. The first-order valence-electron chi connectivity index (χ1n) is 9.42. The number of amides is 4. The summed E-state index contributed by atoms with van der Waals surface area (Å²) in [6.45, 7) is 0.918. The molecular weight excluding hydrogens is 380 g/mol. The van der Waals surface area contributed by atoms with E-state index in [2.05, 4.69) is 20.6 Å². The highest BCUT2D eigenvalue weighted by Gasteiger charge is 2.39. The second-order valence-electron chi connectivity index (χ2n) is 6.91. The van der Waals surface area contributed by atoms with Gasteiger partial charge in [-0.25, -0.2) is 9.97 Å². The van der Waals surface area contributed by atoms with Crippen LogP contribution < -0.4 is 10.6 Å². The van der Waals surface area contributed by atoms with E-state index in [0.29, 0.717) is 13.0 Å². The Bertz CT molecular complexity index is 773. The van der Waals surface area contributed by atoms with Crippen molar-refractivity contribution in [3.63, 3.8) is 0 Å². The number of ether oxygens (including phenoxy) is 1. The molecule has 0 aliphatic carbocycles. The molecule has 0 spiro atoms. The molecule has 0 saturated carbocycles. The van der Waals surface area contributed by atoms with Gasteiger partial charge in [-0.15, -0.1) is 0 Å². The summed E-state index contributed by atoms with van der Waals surface area (Å²) in [6, 6.07) is -1.59. The molecule has 156 valence electrons. The van der Waals surface area contributed by atoms with Crippen LogP contribution in [0.3, 0.4) is 0 Å². The van der Waals surface area contributed by atoms with Gasteiger partial charge in [-0.05, 0) is 12.8 Å². The molecule has 11 heteroatoms. The highest BCUT2D eigenvalue weighted by atomic mass is 16.5. The maximum atomic E-state index is 13.0. The lowest BCUT2D eigenvalue weighted by molar-refractivity contribution is -0.141. The van der Waals surface area contributed by atoms with Crippen LogP contribution in [0.2, 0.25) is 0 Å². The maximum Gasteiger partial charge on any atom is 0.257 e. The van der Waals surface area contributed by atoms with E-state index >= 15 is 0 Å². The average molecular weight is 404 g/mol. The maximum absolute atomic E-state index is 13.0. The van der Waals surface area contributed by atoms with Crippen LogP contribution in [0.1, 0.15) is 23.2 Å². The summed E-state index contributed by atoms with van der Waals surface area (Å²) >= 11 is 0. The Morgan fingerprint density at radius 2 is 2.03 bits per heavy atom. The lowest BCUT2D eigenvalue weighted by Crippen LogP contribution is -2.64. The Kier molecular flexibility index (Phi) is 6.70. The second-order valence-corrected chi connectivity index (χ2v) is 6.91. The van der Waals surface area contributed by atoms with E-state index in [9.17, 15) is 19.2 Å². The lowest BCUT2D eigenvalue weighted by Gasteiger charge is -2.41. The molecule has 1 aromatic rings. The zero-order valence-electron chi connectivity index (χ0n) is 16.2. The van der Waals surface area contributed by atoms with Gasteiger partial charge >= 0.3 is 0 Å². The SMILES string of the molecule is COCC(=O)N1CCN(C(=O)c2cncnc2)C(C(=O)NC2CCCNC2=O)C1. The monoisotopic (exact) mass is 404 g/mol. The molecule has 2 fully saturated rings. The van der Waals surface area contributed by atoms with Gasteiger partial charge in [-0.3, -0.25) is 19.2 Å². The van der Waals surface area contributed by atoms with Crippen molar-refractivity contribution in [3.8, 4) is 0 Å². The number of nitrogens with zero attached hydrogens (tertiary/aromatic N) is 4. The first kappa shape index (κ1) is 20.6. The molecule has 29 heavy (non-hydrogen) atoms. The number of rotatable bonds is 5. The van der Waals surface area contributed by atoms with Crippen LogP contribution in [0.25, 0.3) is 0 Å². The van der Waals surface area contributed by atoms with Crippen LogP contribution in [0.15, 0.2) is 18.7 Å². The zero-order valence-corrected chi connectivity index (χ0v) is 16.2. The van der Waals surface area contributed by atoms with E-state index in [1.54, 1.807) is 0 Å². The quantitative estimate of drug-likeness (QED) is 0.590. The standard InChI is InChI=1S/C18H24N6O5/c1-29-10-15(25)23-5-6-24(18(28)12-7-19-11-20-8-12)14(9-23)17(27)22-13-3-2-4-21-16(13)26/h7-8,11,13-14H,2-6,9-10H2,1H3,(H,21,26)(H,22,27). The van der Waals surface area contributed by atoms with Gasteiger partial charge < -0.3 is 25.2 Å². The van der Waals surface area contributed by atoms with E-state index < -0.39 is 23.9 Å². The van der Waals surface area contributed by atoms with E-state index in [-0.39, 0.29) is 43.6 Å². The molecule has 11 nitrogen and oxygen atoms in total. The number of aromatic nitrogens is 2. The van der Waals surface area contributed by atoms with E-state index in [0.717, 1.165) is 6.42 Å². The third kappa shape index (κ3) is 4.86. The van der Waals surface area contributed by atoms with Crippen LogP contribution in [0.5, 0.6) is 0 Å². The molecule has 3 rings (SSSR count). The third-order valence-corrected chi connectivity index (χ3v) is 4.97. The topological polar surface area (TPSA) is 134 Å². The van der Waals surface area contributed by atoms with Gasteiger partial charge in [-0.1, -0.05) is 0 Å². The first-order valence-corrected chi connectivity index (χ1v) is 9.42. The van der Waals surface area contributed by atoms with Crippen LogP contribution in [-0.4, -0.2) is 95.4 Å². The fourth-order valence-corrected chi connectivity index (χ4v) is 3.44. The summed E-state index contributed by atoms with van der Waals surface area (Å²) in [4.78, 5) is 60.7. The predicted molar refractivity (Wildman–Crippen MR) is 99.5 cm³/mol. The van der Waals surface area contributed by atoms with Crippen LogP contribution in [-0.2, 0) is 19.1 Å². The molecule has 0 aromatic carbocycles. The predicted octanol–water partition coefficient (Wildman–Crippen LogP) is -1.83. The number of piperazine rings is 1. The van der Waals surface area contributed by atoms with Gasteiger partial charge in [0, 0.05) is 39.1 Å². The van der Waals surface area contributed by atoms with Gasteiger partial charge in [0.2, 0.25) is 17.7 Å². The number of carbonyl (C=O) groups is 4. The summed E-state index contributed by atoms with van der Waals surface area (Å²) in [5.74, 6) is -1.40.